The fourth-order valence-corrected chi connectivity index (χ4v) is 3.49. The van der Waals surface area contributed by atoms with E-state index in [9.17, 15) is 4.79 Å². The maximum Gasteiger partial charge on any atom is 0.253 e. The first kappa shape index (κ1) is 18.1. The van der Waals surface area contributed by atoms with Crippen LogP contribution < -0.4 is 5.32 Å². The number of carbonyl (C=O) groups is 1. The van der Waals surface area contributed by atoms with Crippen LogP contribution in [0.5, 0.6) is 0 Å². The minimum Gasteiger partial charge on any atom is -0.351 e. The minimum atomic E-state index is -0.0601. The average molecular weight is 447 g/mol. The van der Waals surface area contributed by atoms with E-state index in [1.807, 2.05) is 30.3 Å². The topological polar surface area (TPSA) is 45.2 Å². The smallest absolute Gasteiger partial charge is 0.253 e. The van der Waals surface area contributed by atoms with Crippen LogP contribution in [0.1, 0.15) is 24.2 Å². The van der Waals surface area contributed by atoms with Crippen LogP contribution in [0.4, 0.5) is 0 Å². The predicted octanol–water partition coefficient (Wildman–Crippen LogP) is 4.06. The van der Waals surface area contributed by atoms with Gasteiger partial charge in [-0.3, -0.25) is 4.79 Å². The Morgan fingerprint density at radius 2 is 1.92 bits per heavy atom. The van der Waals surface area contributed by atoms with Crippen molar-refractivity contribution in [3.8, 4) is 0 Å². The van der Waals surface area contributed by atoms with E-state index in [1.54, 1.807) is 0 Å². The summed E-state index contributed by atoms with van der Waals surface area (Å²) in [5, 5.41) is 5.11. The van der Waals surface area contributed by atoms with Crippen molar-refractivity contribution in [2.45, 2.75) is 13.8 Å². The molecule has 0 aliphatic heterocycles. The number of fused-ring (bicyclic) bond motifs is 2. The first-order valence-corrected chi connectivity index (χ1v) is 9.69. The van der Waals surface area contributed by atoms with Crippen molar-refractivity contribution in [3.05, 3.63) is 51.6 Å². The first-order valence-electron chi connectivity index (χ1n) is 8.62. The summed E-state index contributed by atoms with van der Waals surface area (Å²) in [6.07, 6.45) is 0. The third-order valence-electron chi connectivity index (χ3n) is 4.45. The third-order valence-corrected chi connectivity index (χ3v) is 5.12. The van der Waals surface area contributed by atoms with Gasteiger partial charge in [-0.2, -0.15) is 0 Å². The number of rotatable bonds is 6. The molecule has 1 N–H and O–H groups in total. The first-order chi connectivity index (χ1) is 12.1. The molecule has 4 nitrogen and oxygen atoms in total. The van der Waals surface area contributed by atoms with Gasteiger partial charge in [-0.1, -0.05) is 26.0 Å². The molecule has 25 heavy (non-hydrogen) atoms. The van der Waals surface area contributed by atoms with Gasteiger partial charge in [-0.25, -0.2) is 4.98 Å². The van der Waals surface area contributed by atoms with Crippen molar-refractivity contribution in [1.29, 1.82) is 0 Å². The highest BCUT2D eigenvalue weighted by Gasteiger charge is 2.12. The van der Waals surface area contributed by atoms with E-state index in [4.69, 9.17) is 4.98 Å². The molecule has 3 aromatic rings. The largest absolute Gasteiger partial charge is 0.351 e. The Morgan fingerprint density at radius 3 is 2.68 bits per heavy atom. The number of pyridine rings is 1. The van der Waals surface area contributed by atoms with Gasteiger partial charge in [-0.15, -0.1) is 0 Å². The molecule has 0 aliphatic carbocycles. The summed E-state index contributed by atoms with van der Waals surface area (Å²) in [5.41, 5.74) is 2.31. The number of nitrogens with zero attached hydrogens (tertiary/aromatic N) is 2. The van der Waals surface area contributed by atoms with Gasteiger partial charge in [0.15, 0.2) is 0 Å². The number of aromatic nitrogens is 1. The van der Waals surface area contributed by atoms with Gasteiger partial charge in [-0.05, 0) is 66.0 Å². The highest BCUT2D eigenvalue weighted by Crippen LogP contribution is 2.23. The molecule has 0 radical (unpaired) electrons. The van der Waals surface area contributed by atoms with Crippen molar-refractivity contribution in [3.63, 3.8) is 0 Å². The lowest BCUT2D eigenvalue weighted by Gasteiger charge is -2.18. The molecule has 0 saturated heterocycles. The Hall–Kier alpha value is -1.73. The van der Waals surface area contributed by atoms with Crippen LogP contribution in [0.25, 0.3) is 21.8 Å². The van der Waals surface area contributed by atoms with Crippen LogP contribution in [0.3, 0.4) is 0 Å². The van der Waals surface area contributed by atoms with Gasteiger partial charge < -0.3 is 10.2 Å². The number of halogens is 1. The third kappa shape index (κ3) is 4.10. The molecule has 130 valence electrons. The van der Waals surface area contributed by atoms with E-state index < -0.39 is 0 Å². The van der Waals surface area contributed by atoms with Crippen molar-refractivity contribution in [2.75, 3.05) is 26.2 Å². The summed E-state index contributed by atoms with van der Waals surface area (Å²) in [7, 11) is 0. The summed E-state index contributed by atoms with van der Waals surface area (Å²) >= 11 is 2.30. The maximum absolute atomic E-state index is 12.6. The standard InChI is InChI=1S/C20H22IN3O/c1-3-24(4-2)11-10-22-20(25)17-7-5-6-14-12-15-13-16(21)8-9-18(15)23-19(14)17/h5-9,12-13H,3-4,10-11H2,1-2H3,(H,22,25). The molecule has 2 aromatic carbocycles. The Morgan fingerprint density at radius 1 is 1.12 bits per heavy atom. The van der Waals surface area contributed by atoms with Gasteiger partial charge >= 0.3 is 0 Å². The minimum absolute atomic E-state index is 0.0601. The van der Waals surface area contributed by atoms with Gasteiger partial charge in [0.2, 0.25) is 0 Å². The number of carbonyl (C=O) groups excluding carboxylic acids is 1. The molecule has 0 aliphatic rings. The number of amides is 1. The highest BCUT2D eigenvalue weighted by atomic mass is 127. The molecule has 1 amide bonds. The Balaban J connectivity index is 1.88. The molecular weight excluding hydrogens is 425 g/mol. The van der Waals surface area contributed by atoms with Gasteiger partial charge in [0.25, 0.3) is 5.91 Å². The highest BCUT2D eigenvalue weighted by molar-refractivity contribution is 14.1. The molecule has 0 fully saturated rings. The second kappa shape index (κ2) is 8.10. The van der Waals surface area contributed by atoms with Crippen LogP contribution in [-0.2, 0) is 0 Å². The molecule has 5 heteroatoms. The summed E-state index contributed by atoms with van der Waals surface area (Å²) in [6.45, 7) is 7.75. The van der Waals surface area contributed by atoms with Crippen LogP contribution in [0.2, 0.25) is 0 Å². The van der Waals surface area contributed by atoms with Gasteiger partial charge in [0, 0.05) is 27.4 Å². The number of para-hydroxylation sites is 1. The van der Waals surface area contributed by atoms with E-state index in [1.165, 1.54) is 3.57 Å². The zero-order valence-corrected chi connectivity index (χ0v) is 16.7. The summed E-state index contributed by atoms with van der Waals surface area (Å²) in [5.74, 6) is -0.0601. The summed E-state index contributed by atoms with van der Waals surface area (Å²) in [4.78, 5) is 19.7. The molecule has 0 atom stereocenters. The lowest BCUT2D eigenvalue weighted by Crippen LogP contribution is -2.34. The molecule has 1 heterocycles. The van der Waals surface area contributed by atoms with Crippen molar-refractivity contribution in [1.82, 2.24) is 15.2 Å². The number of nitrogens with one attached hydrogen (secondary N) is 1. The van der Waals surface area contributed by atoms with Crippen molar-refractivity contribution >= 4 is 50.3 Å². The molecule has 3 rings (SSSR count). The predicted molar refractivity (Wildman–Crippen MR) is 112 cm³/mol. The van der Waals surface area contributed by atoms with Crippen LogP contribution in [-0.4, -0.2) is 42.0 Å². The second-order valence-electron chi connectivity index (χ2n) is 5.99. The SMILES string of the molecule is CCN(CC)CCNC(=O)c1cccc2cc3cc(I)ccc3nc12. The van der Waals surface area contributed by atoms with E-state index in [0.717, 1.165) is 41.4 Å². The number of benzene rings is 2. The normalized spacial score (nSPS) is 11.4. The molecule has 0 bridgehead atoms. The average Bonchev–Trinajstić information content (AvgIpc) is 2.63. The zero-order chi connectivity index (χ0) is 17.8. The van der Waals surface area contributed by atoms with E-state index in [2.05, 4.69) is 58.8 Å². The van der Waals surface area contributed by atoms with Crippen molar-refractivity contribution < 1.29 is 4.79 Å². The molecular formula is C20H22IN3O. The maximum atomic E-state index is 12.6. The monoisotopic (exact) mass is 447 g/mol. The van der Waals surface area contributed by atoms with Gasteiger partial charge in [0.05, 0.1) is 16.6 Å². The van der Waals surface area contributed by atoms with Gasteiger partial charge in [0.1, 0.15) is 0 Å². The number of hydrogen-bond acceptors (Lipinski definition) is 3. The van der Waals surface area contributed by atoms with E-state index in [-0.39, 0.29) is 5.91 Å². The molecule has 0 unspecified atom stereocenters. The summed E-state index contributed by atoms with van der Waals surface area (Å²) < 4.78 is 1.18. The summed E-state index contributed by atoms with van der Waals surface area (Å²) in [6, 6.07) is 14.0. The zero-order valence-electron chi connectivity index (χ0n) is 14.6. The molecule has 0 spiro atoms. The quantitative estimate of drug-likeness (QED) is 0.458. The number of hydrogen-bond donors (Lipinski definition) is 1. The lowest BCUT2D eigenvalue weighted by molar-refractivity contribution is 0.0950. The van der Waals surface area contributed by atoms with Crippen LogP contribution in [0.15, 0.2) is 42.5 Å². The Bertz CT molecular complexity index is 906. The second-order valence-corrected chi connectivity index (χ2v) is 7.23. The Labute approximate surface area is 161 Å². The Kier molecular flexibility index (Phi) is 5.86. The molecule has 1 aromatic heterocycles. The lowest BCUT2D eigenvalue weighted by atomic mass is 10.1. The number of likely N-dealkylation sites (N-methyl/N-ethyl adjacent to an activating group) is 1. The fourth-order valence-electron chi connectivity index (χ4n) is 2.98. The van der Waals surface area contributed by atoms with E-state index in [0.29, 0.717) is 12.1 Å². The van der Waals surface area contributed by atoms with E-state index >= 15 is 0 Å². The van der Waals surface area contributed by atoms with Crippen LogP contribution >= 0.6 is 22.6 Å². The van der Waals surface area contributed by atoms with Crippen LogP contribution in [0, 0.1) is 3.57 Å². The van der Waals surface area contributed by atoms with Crippen molar-refractivity contribution in [2.24, 2.45) is 0 Å². The molecule has 0 saturated carbocycles. The fraction of sp³-hybridized carbons (Fsp3) is 0.300.